The number of rotatable bonds is 5. The number of benzene rings is 3. The molecule has 11 heteroatoms. The molecule has 140 valence electrons. The maximum Gasteiger partial charge on any atom is 1.00 e. The van der Waals surface area contributed by atoms with E-state index in [4.69, 9.17) is 0 Å². The van der Waals surface area contributed by atoms with E-state index in [1.165, 1.54) is 36.4 Å². The van der Waals surface area contributed by atoms with E-state index in [1.54, 1.807) is 42.5 Å². The van der Waals surface area contributed by atoms with E-state index in [0.717, 1.165) is 0 Å². The van der Waals surface area contributed by atoms with Gasteiger partial charge in [0.05, 0.1) is 9.79 Å². The Balaban J connectivity index is 0.00000210. The van der Waals surface area contributed by atoms with Gasteiger partial charge in [-0.05, 0) is 25.4 Å². The second kappa shape index (κ2) is 11.9. The van der Waals surface area contributed by atoms with Crippen molar-refractivity contribution >= 4 is 44.1 Å². The molecule has 29 heavy (non-hydrogen) atoms. The summed E-state index contributed by atoms with van der Waals surface area (Å²) in [5, 5.41) is 0.953. The van der Waals surface area contributed by atoms with Crippen LogP contribution in [0, 0.1) is 0 Å². The molecule has 0 saturated heterocycles. The van der Waals surface area contributed by atoms with Crippen molar-refractivity contribution in [2.45, 2.75) is 9.79 Å². The van der Waals surface area contributed by atoms with Crippen molar-refractivity contribution in [1.82, 2.24) is 0 Å². The molecule has 0 atom stereocenters. The van der Waals surface area contributed by atoms with Crippen LogP contribution in [-0.4, -0.2) is 25.9 Å². The molecule has 6 nitrogen and oxygen atoms in total. The van der Waals surface area contributed by atoms with E-state index < -0.39 is 37.9 Å². The van der Waals surface area contributed by atoms with Crippen molar-refractivity contribution in [2.75, 3.05) is 0 Å². The van der Waals surface area contributed by atoms with Crippen LogP contribution in [-0.2, 0) is 20.2 Å². The Kier molecular flexibility index (Phi) is 11.6. The first-order valence-corrected chi connectivity index (χ1v) is 11.8. The minimum atomic E-state index is -4.80. The van der Waals surface area contributed by atoms with E-state index in [0.29, 0.717) is 5.30 Å². The van der Waals surface area contributed by atoms with Gasteiger partial charge in [0.15, 0.2) is 0 Å². The Bertz CT molecular complexity index is 1110. The molecular weight excluding hydrogens is 485 g/mol. The average molecular weight is 499 g/mol. The molecule has 3 rings (SSSR count). The first-order chi connectivity index (χ1) is 12.7. The van der Waals surface area contributed by atoms with E-state index in [1.807, 2.05) is 0 Å². The molecule has 0 bridgehead atoms. The fourth-order valence-corrected chi connectivity index (χ4v) is 7.40. The minimum absolute atomic E-state index is 0. The molecule has 0 aliphatic rings. The number of hydrogen-bond acceptors (Lipinski definition) is 6. The predicted octanol–water partition coefficient (Wildman–Crippen LogP) is -4.74. The van der Waals surface area contributed by atoms with Crippen molar-refractivity contribution in [2.24, 2.45) is 0 Å². The van der Waals surface area contributed by atoms with Gasteiger partial charge in [0.2, 0.25) is 0 Å². The second-order valence-electron chi connectivity index (χ2n) is 5.51. The average Bonchev–Trinajstić information content (AvgIpc) is 2.62. The standard InChI is InChI=1S/C18H15O6PS2.2K/c19-26(20,21)17-12-6-4-10-15(17)25(14-8-2-1-3-9-14)16-11-5-7-13-18(16)27(22,23)24;;/h1-13H,(H,19,20,21)(H,22,23,24);;/q;2*+1/p-2. The third-order valence-electron chi connectivity index (χ3n) is 3.77. The zero-order valence-electron chi connectivity index (χ0n) is 15.7. The van der Waals surface area contributed by atoms with Gasteiger partial charge in [0, 0.05) is 10.6 Å². The van der Waals surface area contributed by atoms with Crippen LogP contribution in [0.15, 0.2) is 88.7 Å². The third kappa shape index (κ3) is 7.08. The largest absolute Gasteiger partial charge is 1.00 e. The zero-order valence-corrected chi connectivity index (χ0v) is 24.5. The molecule has 0 heterocycles. The molecule has 3 aromatic carbocycles. The van der Waals surface area contributed by atoms with Crippen molar-refractivity contribution in [3.8, 4) is 0 Å². The molecule has 0 aliphatic heterocycles. The molecule has 0 radical (unpaired) electrons. The van der Waals surface area contributed by atoms with Crippen molar-refractivity contribution < 1.29 is 129 Å². The maximum atomic E-state index is 11.8. The van der Waals surface area contributed by atoms with Crippen LogP contribution in [0.1, 0.15) is 0 Å². The summed E-state index contributed by atoms with van der Waals surface area (Å²) in [7, 11) is -11.4. The Labute approximate surface area is 256 Å². The molecule has 0 spiro atoms. The third-order valence-corrected chi connectivity index (χ3v) is 8.42. The molecule has 3 aromatic rings. The second-order valence-corrected chi connectivity index (χ2v) is 10.4. The van der Waals surface area contributed by atoms with E-state index in [2.05, 4.69) is 0 Å². The van der Waals surface area contributed by atoms with Crippen LogP contribution in [0.4, 0.5) is 0 Å². The molecule has 0 aliphatic carbocycles. The fourth-order valence-electron chi connectivity index (χ4n) is 2.69. The molecule has 0 N–H and O–H groups in total. The van der Waals surface area contributed by atoms with Crippen LogP contribution >= 0.6 is 7.92 Å². The summed E-state index contributed by atoms with van der Waals surface area (Å²) in [6.45, 7) is 0. The van der Waals surface area contributed by atoms with Crippen LogP contribution in [0.2, 0.25) is 0 Å². The zero-order chi connectivity index (χ0) is 19.7. The van der Waals surface area contributed by atoms with E-state index in [9.17, 15) is 25.9 Å². The van der Waals surface area contributed by atoms with Crippen molar-refractivity contribution in [1.29, 1.82) is 0 Å². The van der Waals surface area contributed by atoms with E-state index in [-0.39, 0.29) is 113 Å². The molecule has 0 aromatic heterocycles. The van der Waals surface area contributed by atoms with Crippen molar-refractivity contribution in [3.63, 3.8) is 0 Å². The van der Waals surface area contributed by atoms with Crippen LogP contribution < -0.4 is 119 Å². The van der Waals surface area contributed by atoms with Gasteiger partial charge in [-0.25, -0.2) is 16.8 Å². The van der Waals surface area contributed by atoms with Crippen LogP contribution in [0.5, 0.6) is 0 Å². The van der Waals surface area contributed by atoms with Gasteiger partial charge >= 0.3 is 103 Å². The molecule has 0 amide bonds. The number of hydrogen-bond donors (Lipinski definition) is 0. The molecular formula is C18H13K2O6PS2. The first kappa shape index (κ1) is 28.2. The monoisotopic (exact) mass is 498 g/mol. The SMILES string of the molecule is O=S(=O)([O-])c1ccccc1P(c1ccccc1)c1ccccc1S(=O)(=O)[O-].[K+].[K+]. The van der Waals surface area contributed by atoms with Gasteiger partial charge in [0.1, 0.15) is 20.2 Å². The minimum Gasteiger partial charge on any atom is -0.744 e. The summed E-state index contributed by atoms with van der Waals surface area (Å²) >= 11 is 0. The Hall–Kier alpha value is 1.18. The molecule has 0 unspecified atom stereocenters. The quantitative estimate of drug-likeness (QED) is 0.198. The Morgan fingerprint density at radius 1 is 0.552 bits per heavy atom. The summed E-state index contributed by atoms with van der Waals surface area (Å²) in [6.07, 6.45) is 0. The smallest absolute Gasteiger partial charge is 0.744 e. The summed E-state index contributed by atoms with van der Waals surface area (Å²) in [5.41, 5.74) is 0. The maximum absolute atomic E-state index is 11.8. The Morgan fingerprint density at radius 2 is 0.897 bits per heavy atom. The van der Waals surface area contributed by atoms with Crippen LogP contribution in [0.3, 0.4) is 0 Å². The normalized spacial score (nSPS) is 11.4. The van der Waals surface area contributed by atoms with Crippen LogP contribution in [0.25, 0.3) is 0 Å². The van der Waals surface area contributed by atoms with Crippen molar-refractivity contribution in [3.05, 3.63) is 78.9 Å². The van der Waals surface area contributed by atoms with Gasteiger partial charge in [-0.3, -0.25) is 0 Å². The summed E-state index contributed by atoms with van der Waals surface area (Å²) < 4.78 is 70.7. The summed E-state index contributed by atoms with van der Waals surface area (Å²) in [5.74, 6) is 0. The molecule has 0 saturated carbocycles. The van der Waals surface area contributed by atoms with E-state index >= 15 is 0 Å². The van der Waals surface area contributed by atoms with Gasteiger partial charge in [-0.2, -0.15) is 0 Å². The van der Waals surface area contributed by atoms with Gasteiger partial charge in [0.25, 0.3) is 0 Å². The first-order valence-electron chi connectivity index (χ1n) is 7.64. The summed E-state index contributed by atoms with van der Waals surface area (Å²) in [4.78, 5) is -0.865. The van der Waals surface area contributed by atoms with Gasteiger partial charge < -0.3 is 9.11 Å². The summed E-state index contributed by atoms with van der Waals surface area (Å²) in [6, 6.07) is 19.9. The predicted molar refractivity (Wildman–Crippen MR) is 101 cm³/mol. The topological polar surface area (TPSA) is 114 Å². The van der Waals surface area contributed by atoms with Gasteiger partial charge in [-0.1, -0.05) is 66.7 Å². The van der Waals surface area contributed by atoms with Gasteiger partial charge in [-0.15, -0.1) is 0 Å². The fraction of sp³-hybridized carbons (Fsp3) is 0. The Morgan fingerprint density at radius 3 is 1.28 bits per heavy atom. The molecule has 0 fully saturated rings.